The zero-order chi connectivity index (χ0) is 18.7. The van der Waals surface area contributed by atoms with E-state index in [2.05, 4.69) is 6.07 Å². The first-order valence-electron chi connectivity index (χ1n) is 8.51. The lowest BCUT2D eigenvalue weighted by Crippen LogP contribution is -2.24. The maximum Gasteiger partial charge on any atom is 0.263 e. The number of fused-ring (bicyclic) bond motifs is 4. The zero-order valence-electron chi connectivity index (χ0n) is 14.4. The number of imide groups is 1. The highest BCUT2D eigenvalue weighted by molar-refractivity contribution is 6.23. The molecule has 2 amide bonds. The Kier molecular flexibility index (Phi) is 3.01. The van der Waals surface area contributed by atoms with Crippen LogP contribution < -0.4 is 0 Å². The van der Waals surface area contributed by atoms with Gasteiger partial charge < -0.3 is 4.57 Å². The normalized spacial score (nSPS) is 13.4. The van der Waals surface area contributed by atoms with Crippen molar-refractivity contribution in [3.63, 3.8) is 0 Å². The molecule has 0 unspecified atom stereocenters. The lowest BCUT2D eigenvalue weighted by Gasteiger charge is -2.12. The summed E-state index contributed by atoms with van der Waals surface area (Å²) in [6, 6.07) is 20.9. The molecule has 4 aromatic rings. The highest BCUT2D eigenvalue weighted by Crippen LogP contribution is 2.37. The fourth-order valence-corrected chi connectivity index (χ4v) is 3.93. The van der Waals surface area contributed by atoms with Crippen LogP contribution in [-0.2, 0) is 0 Å². The predicted molar refractivity (Wildman–Crippen MR) is 102 cm³/mol. The molecule has 0 radical (unpaired) electrons. The minimum Gasteiger partial charge on any atom is -0.307 e. The van der Waals surface area contributed by atoms with Crippen LogP contribution in [0.15, 0.2) is 60.7 Å². The second-order valence-electron chi connectivity index (χ2n) is 6.54. The molecule has 0 atom stereocenters. The third-order valence-corrected chi connectivity index (χ3v) is 5.15. The maximum atomic E-state index is 12.8. The van der Waals surface area contributed by atoms with E-state index in [4.69, 9.17) is 0 Å². The van der Waals surface area contributed by atoms with Crippen LogP contribution in [0.4, 0.5) is 0 Å². The molecule has 0 bridgehead atoms. The number of carbonyl (C=O) groups is 2. The Balaban J connectivity index is 2.01. The molecule has 2 heterocycles. The van der Waals surface area contributed by atoms with Crippen LogP contribution in [0, 0.1) is 11.3 Å². The van der Waals surface area contributed by atoms with E-state index in [-0.39, 0.29) is 11.8 Å². The van der Waals surface area contributed by atoms with E-state index in [1.54, 1.807) is 18.2 Å². The first-order chi connectivity index (χ1) is 13.1. The molecule has 5 nitrogen and oxygen atoms in total. The topological polar surface area (TPSA) is 66.1 Å². The predicted octanol–water partition coefficient (Wildman–Crippen LogP) is 3.88. The van der Waals surface area contributed by atoms with Crippen molar-refractivity contribution in [2.75, 3.05) is 7.05 Å². The molecule has 0 saturated heterocycles. The summed E-state index contributed by atoms with van der Waals surface area (Å²) < 4.78 is 1.92. The Morgan fingerprint density at radius 2 is 1.59 bits per heavy atom. The molecule has 128 valence electrons. The molecule has 0 spiro atoms. The summed E-state index contributed by atoms with van der Waals surface area (Å²) in [6.07, 6.45) is 0. The van der Waals surface area contributed by atoms with E-state index in [9.17, 15) is 14.9 Å². The van der Waals surface area contributed by atoms with Crippen molar-refractivity contribution < 1.29 is 9.59 Å². The van der Waals surface area contributed by atoms with Gasteiger partial charge in [0.25, 0.3) is 11.8 Å². The largest absolute Gasteiger partial charge is 0.307 e. The van der Waals surface area contributed by atoms with E-state index in [1.165, 1.54) is 7.05 Å². The molecule has 27 heavy (non-hydrogen) atoms. The summed E-state index contributed by atoms with van der Waals surface area (Å²) >= 11 is 0. The Labute approximate surface area is 154 Å². The van der Waals surface area contributed by atoms with Gasteiger partial charge in [0.1, 0.15) is 6.07 Å². The summed E-state index contributed by atoms with van der Waals surface area (Å²) in [5.41, 5.74) is 3.53. The lowest BCUT2D eigenvalue weighted by molar-refractivity contribution is 0.0693. The summed E-state index contributed by atoms with van der Waals surface area (Å²) in [5, 5.41) is 11.6. The Morgan fingerprint density at radius 1 is 0.852 bits per heavy atom. The summed E-state index contributed by atoms with van der Waals surface area (Å²) in [6.45, 7) is 0. The van der Waals surface area contributed by atoms with Crippen molar-refractivity contribution in [2.24, 2.45) is 0 Å². The van der Waals surface area contributed by atoms with Crippen molar-refractivity contribution in [3.8, 4) is 11.8 Å². The fourth-order valence-electron chi connectivity index (χ4n) is 3.93. The quantitative estimate of drug-likeness (QED) is 0.489. The first-order valence-corrected chi connectivity index (χ1v) is 8.51. The Hall–Kier alpha value is -3.91. The highest BCUT2D eigenvalue weighted by atomic mass is 16.2. The number of hydrogen-bond donors (Lipinski definition) is 0. The van der Waals surface area contributed by atoms with Gasteiger partial charge in [-0.05, 0) is 24.3 Å². The summed E-state index contributed by atoms with van der Waals surface area (Å²) in [7, 11) is 1.49. The molecular formula is C22H13N3O2. The molecule has 0 aliphatic carbocycles. The standard InChI is InChI=1S/C22H13N3O2/c1-24-21(26)16-9-5-11-18(19(16)22(24)27)25-17-10-3-2-7-14(17)15-8-4-6-13(12-23)20(15)25/h2-11H,1H3. The zero-order valence-corrected chi connectivity index (χ0v) is 14.4. The Morgan fingerprint density at radius 3 is 2.41 bits per heavy atom. The van der Waals surface area contributed by atoms with E-state index < -0.39 is 0 Å². The number of nitrogens with zero attached hydrogens (tertiary/aromatic N) is 3. The van der Waals surface area contributed by atoms with E-state index in [0.29, 0.717) is 22.4 Å². The van der Waals surface area contributed by atoms with Crippen LogP contribution in [0.25, 0.3) is 27.5 Å². The van der Waals surface area contributed by atoms with Gasteiger partial charge >= 0.3 is 0 Å². The number of aromatic nitrogens is 1. The molecule has 5 rings (SSSR count). The smallest absolute Gasteiger partial charge is 0.263 e. The van der Waals surface area contributed by atoms with E-state index in [1.807, 2.05) is 47.0 Å². The van der Waals surface area contributed by atoms with Crippen LogP contribution in [0.5, 0.6) is 0 Å². The van der Waals surface area contributed by atoms with Gasteiger partial charge in [-0.2, -0.15) is 5.26 Å². The van der Waals surface area contributed by atoms with Gasteiger partial charge in [-0.25, -0.2) is 0 Å². The minimum absolute atomic E-state index is 0.307. The molecule has 5 heteroatoms. The molecule has 3 aromatic carbocycles. The summed E-state index contributed by atoms with van der Waals surface area (Å²) in [4.78, 5) is 26.3. The number of para-hydroxylation sites is 2. The van der Waals surface area contributed by atoms with Crippen molar-refractivity contribution in [3.05, 3.63) is 77.4 Å². The molecule has 0 fully saturated rings. The number of hydrogen-bond acceptors (Lipinski definition) is 3. The number of benzene rings is 3. The van der Waals surface area contributed by atoms with Crippen LogP contribution in [0.1, 0.15) is 26.3 Å². The van der Waals surface area contributed by atoms with Gasteiger partial charge in [0.2, 0.25) is 0 Å². The lowest BCUT2D eigenvalue weighted by atomic mass is 10.1. The van der Waals surface area contributed by atoms with Crippen molar-refractivity contribution >= 4 is 33.6 Å². The molecule has 1 aliphatic heterocycles. The average molecular weight is 351 g/mol. The van der Waals surface area contributed by atoms with Gasteiger partial charge in [-0.3, -0.25) is 14.5 Å². The van der Waals surface area contributed by atoms with Crippen LogP contribution in [0.3, 0.4) is 0 Å². The van der Waals surface area contributed by atoms with Gasteiger partial charge in [0.15, 0.2) is 0 Å². The fraction of sp³-hybridized carbons (Fsp3) is 0.0455. The number of carbonyl (C=O) groups excluding carboxylic acids is 2. The van der Waals surface area contributed by atoms with Gasteiger partial charge in [-0.1, -0.05) is 36.4 Å². The molecule has 1 aliphatic rings. The van der Waals surface area contributed by atoms with Gasteiger partial charge in [0, 0.05) is 17.8 Å². The second-order valence-corrected chi connectivity index (χ2v) is 6.54. The SMILES string of the molecule is CN1C(=O)c2cccc(-n3c4ccccc4c4cccc(C#N)c43)c2C1=O. The van der Waals surface area contributed by atoms with E-state index >= 15 is 0 Å². The third-order valence-electron chi connectivity index (χ3n) is 5.15. The Bertz CT molecular complexity index is 1340. The van der Waals surface area contributed by atoms with Crippen molar-refractivity contribution in [1.82, 2.24) is 9.47 Å². The molecule has 1 aromatic heterocycles. The number of amides is 2. The van der Waals surface area contributed by atoms with Crippen molar-refractivity contribution in [1.29, 1.82) is 5.26 Å². The van der Waals surface area contributed by atoms with Crippen LogP contribution in [-0.4, -0.2) is 28.3 Å². The molecule has 0 saturated carbocycles. The summed E-state index contributed by atoms with van der Waals surface area (Å²) in [5.74, 6) is -0.635. The van der Waals surface area contributed by atoms with Crippen molar-refractivity contribution in [2.45, 2.75) is 0 Å². The number of nitriles is 1. The minimum atomic E-state index is -0.328. The average Bonchev–Trinajstić information content (AvgIpc) is 3.16. The van der Waals surface area contributed by atoms with Crippen LogP contribution in [0.2, 0.25) is 0 Å². The van der Waals surface area contributed by atoms with E-state index in [0.717, 1.165) is 26.7 Å². The van der Waals surface area contributed by atoms with Gasteiger partial charge in [0.05, 0.1) is 33.4 Å². The van der Waals surface area contributed by atoms with Gasteiger partial charge in [-0.15, -0.1) is 0 Å². The highest BCUT2D eigenvalue weighted by Gasteiger charge is 2.35. The maximum absolute atomic E-state index is 12.8. The number of rotatable bonds is 1. The third kappa shape index (κ3) is 1.87. The second kappa shape index (κ2) is 5.29. The van der Waals surface area contributed by atoms with Crippen LogP contribution >= 0.6 is 0 Å². The molecule has 0 N–H and O–H groups in total. The monoisotopic (exact) mass is 351 g/mol. The first kappa shape index (κ1) is 15.4. The molecular weight excluding hydrogens is 338 g/mol.